The van der Waals surface area contributed by atoms with E-state index in [1.54, 1.807) is 17.9 Å². The fourth-order valence-electron chi connectivity index (χ4n) is 4.77. The second kappa shape index (κ2) is 17.2. The van der Waals surface area contributed by atoms with Crippen LogP contribution in [0.5, 0.6) is 0 Å². The molecule has 9 heteroatoms. The summed E-state index contributed by atoms with van der Waals surface area (Å²) in [5.41, 5.74) is 2.23. The van der Waals surface area contributed by atoms with Crippen LogP contribution in [-0.4, -0.2) is 71.5 Å². The summed E-state index contributed by atoms with van der Waals surface area (Å²) in [5.74, 6) is -2.33. The van der Waals surface area contributed by atoms with E-state index >= 15 is 0 Å². The highest BCUT2D eigenvalue weighted by atomic mass is 19.1. The number of benzene rings is 2. The lowest BCUT2D eigenvalue weighted by molar-refractivity contribution is -0.0511. The number of nitrogens with one attached hydrogen (secondary N) is 1. The quantitative estimate of drug-likeness (QED) is 0.227. The van der Waals surface area contributed by atoms with Gasteiger partial charge in [0, 0.05) is 36.9 Å². The predicted octanol–water partition coefficient (Wildman–Crippen LogP) is 5.11. The number of nitrogens with zero attached hydrogens (tertiary/aromatic N) is 1. The van der Waals surface area contributed by atoms with E-state index in [4.69, 9.17) is 4.74 Å². The van der Waals surface area contributed by atoms with Crippen molar-refractivity contribution >= 4 is 11.8 Å². The van der Waals surface area contributed by atoms with Crippen molar-refractivity contribution in [3.63, 3.8) is 0 Å². The number of ether oxygens (including phenoxy) is 1. The molecule has 228 valence electrons. The molecule has 0 aliphatic heterocycles. The minimum atomic E-state index is -1.49. The number of carbonyl (C=O) groups excluding carboxylic acids is 2. The van der Waals surface area contributed by atoms with E-state index in [2.05, 4.69) is 12.2 Å². The van der Waals surface area contributed by atoms with Crippen LogP contribution in [-0.2, 0) is 11.2 Å². The number of aliphatic hydroxyl groups is 2. The number of aryl methyl sites for hydroxylation is 1. The maximum Gasteiger partial charge on any atom is 0.253 e. The highest BCUT2D eigenvalue weighted by Crippen LogP contribution is 2.20. The standard InChI is InChI=1S/C32H46F2N2O5/c1-6-9-10-13-41-20-29(37)30(38)28(17-23-15-25(33)19-26(34)16-23)35-31(39)27-18-24(14-21(4)22(27)5)32(40)36(11-7-2)12-8-3/h14-16,18-19,28-30,37-38H,6-13,17,20H2,1-5H3,(H,35,39)/t28-,29?,30+/m0/s1. The maximum atomic E-state index is 13.9. The molecule has 2 aromatic carbocycles. The van der Waals surface area contributed by atoms with E-state index in [1.807, 2.05) is 20.8 Å². The lowest BCUT2D eigenvalue weighted by Crippen LogP contribution is -2.51. The van der Waals surface area contributed by atoms with E-state index < -0.39 is 35.8 Å². The largest absolute Gasteiger partial charge is 0.388 e. The average Bonchev–Trinajstić information content (AvgIpc) is 2.92. The molecule has 2 amide bonds. The first kappa shape index (κ1) is 34.3. The lowest BCUT2D eigenvalue weighted by Gasteiger charge is -2.28. The first-order valence-corrected chi connectivity index (χ1v) is 14.6. The van der Waals surface area contributed by atoms with Crippen molar-refractivity contribution < 1.29 is 33.3 Å². The number of hydrogen-bond acceptors (Lipinski definition) is 5. The van der Waals surface area contributed by atoms with Crippen LogP contribution < -0.4 is 5.32 Å². The van der Waals surface area contributed by atoms with E-state index in [1.165, 1.54) is 6.07 Å². The first-order chi connectivity index (χ1) is 19.5. The second-order valence-corrected chi connectivity index (χ2v) is 10.7. The van der Waals surface area contributed by atoms with E-state index in [9.17, 15) is 28.6 Å². The molecule has 0 spiro atoms. The van der Waals surface area contributed by atoms with Crippen molar-refractivity contribution in [2.75, 3.05) is 26.3 Å². The fraction of sp³-hybridized carbons (Fsp3) is 0.562. The molecule has 0 aromatic heterocycles. The van der Waals surface area contributed by atoms with Crippen LogP contribution in [0.15, 0.2) is 30.3 Å². The molecule has 0 saturated carbocycles. The number of unbranched alkanes of at least 4 members (excludes halogenated alkanes) is 2. The Morgan fingerprint density at radius 1 is 0.927 bits per heavy atom. The normalized spacial score (nSPS) is 13.5. The monoisotopic (exact) mass is 576 g/mol. The van der Waals surface area contributed by atoms with Crippen molar-refractivity contribution in [2.24, 2.45) is 0 Å². The summed E-state index contributed by atoms with van der Waals surface area (Å²) in [4.78, 5) is 28.6. The van der Waals surface area contributed by atoms with Crippen LogP contribution in [0.3, 0.4) is 0 Å². The Morgan fingerprint density at radius 2 is 1.56 bits per heavy atom. The predicted molar refractivity (Wildman–Crippen MR) is 156 cm³/mol. The molecule has 2 rings (SSSR count). The topological polar surface area (TPSA) is 99.1 Å². The van der Waals surface area contributed by atoms with Crippen LogP contribution >= 0.6 is 0 Å². The number of aliphatic hydroxyl groups excluding tert-OH is 2. The SMILES string of the molecule is CCCCCOCC(O)[C@H](O)[C@H](Cc1cc(F)cc(F)c1)NC(=O)c1cc(C(=O)N(CCC)CCC)cc(C)c1C. The Balaban J connectivity index is 2.35. The zero-order valence-corrected chi connectivity index (χ0v) is 25.0. The molecule has 0 bridgehead atoms. The van der Waals surface area contributed by atoms with Gasteiger partial charge in [-0.2, -0.15) is 0 Å². The van der Waals surface area contributed by atoms with Gasteiger partial charge in [-0.1, -0.05) is 33.6 Å². The minimum absolute atomic E-state index is 0.147. The third-order valence-electron chi connectivity index (χ3n) is 7.11. The molecular formula is C32H46F2N2O5. The van der Waals surface area contributed by atoms with Gasteiger partial charge in [-0.3, -0.25) is 9.59 Å². The van der Waals surface area contributed by atoms with Gasteiger partial charge < -0.3 is 25.2 Å². The second-order valence-electron chi connectivity index (χ2n) is 10.7. The highest BCUT2D eigenvalue weighted by molar-refractivity contribution is 6.01. The Morgan fingerprint density at radius 3 is 2.15 bits per heavy atom. The number of rotatable bonds is 17. The van der Waals surface area contributed by atoms with Crippen LogP contribution in [0.1, 0.15) is 90.3 Å². The molecule has 0 saturated heterocycles. The van der Waals surface area contributed by atoms with Gasteiger partial charge >= 0.3 is 0 Å². The summed E-state index contributed by atoms with van der Waals surface area (Å²) < 4.78 is 33.4. The van der Waals surface area contributed by atoms with Crippen molar-refractivity contribution in [2.45, 2.75) is 91.4 Å². The van der Waals surface area contributed by atoms with Crippen LogP contribution in [0.4, 0.5) is 8.78 Å². The van der Waals surface area contributed by atoms with Gasteiger partial charge in [0.2, 0.25) is 0 Å². The molecule has 0 aliphatic carbocycles. The molecular weight excluding hydrogens is 530 g/mol. The Bertz CT molecular complexity index is 1120. The third-order valence-corrected chi connectivity index (χ3v) is 7.11. The Labute approximate surface area is 242 Å². The maximum absolute atomic E-state index is 13.9. The van der Waals surface area contributed by atoms with Gasteiger partial charge in [-0.05, 0) is 80.5 Å². The molecule has 0 aliphatic rings. The summed E-state index contributed by atoms with van der Waals surface area (Å²) >= 11 is 0. The number of hydrogen-bond donors (Lipinski definition) is 3. The average molecular weight is 577 g/mol. The summed E-state index contributed by atoms with van der Waals surface area (Å²) in [6.45, 7) is 11.1. The van der Waals surface area contributed by atoms with Gasteiger partial charge in [-0.25, -0.2) is 8.78 Å². The van der Waals surface area contributed by atoms with Gasteiger partial charge in [0.1, 0.15) is 23.8 Å². The molecule has 3 atom stereocenters. The van der Waals surface area contributed by atoms with Crippen LogP contribution in [0.2, 0.25) is 0 Å². The lowest BCUT2D eigenvalue weighted by atomic mass is 9.95. The summed E-state index contributed by atoms with van der Waals surface area (Å²) in [7, 11) is 0. The first-order valence-electron chi connectivity index (χ1n) is 14.6. The van der Waals surface area contributed by atoms with E-state index in [0.29, 0.717) is 30.8 Å². The Hall–Kier alpha value is -2.88. The summed E-state index contributed by atoms with van der Waals surface area (Å²) in [6, 6.07) is 5.17. The van der Waals surface area contributed by atoms with Gasteiger partial charge in [0.25, 0.3) is 11.8 Å². The van der Waals surface area contributed by atoms with Crippen molar-refractivity contribution in [1.29, 1.82) is 0 Å². The van der Waals surface area contributed by atoms with Crippen molar-refractivity contribution in [3.05, 3.63) is 69.8 Å². The van der Waals surface area contributed by atoms with E-state index in [0.717, 1.165) is 55.9 Å². The number of amides is 2. The molecule has 0 radical (unpaired) electrons. The third kappa shape index (κ3) is 10.5. The molecule has 7 nitrogen and oxygen atoms in total. The van der Waals surface area contributed by atoms with Crippen LogP contribution in [0.25, 0.3) is 0 Å². The Kier molecular flexibility index (Phi) is 14.4. The smallest absolute Gasteiger partial charge is 0.253 e. The van der Waals surface area contributed by atoms with Crippen molar-refractivity contribution in [3.8, 4) is 0 Å². The summed E-state index contributed by atoms with van der Waals surface area (Å²) in [5, 5.41) is 24.5. The minimum Gasteiger partial charge on any atom is -0.388 e. The number of carbonyl (C=O) groups is 2. The molecule has 1 unspecified atom stereocenters. The molecule has 0 heterocycles. The molecule has 0 fully saturated rings. The molecule has 3 N–H and O–H groups in total. The van der Waals surface area contributed by atoms with E-state index in [-0.39, 0.29) is 30.1 Å². The van der Waals surface area contributed by atoms with Gasteiger partial charge in [0.15, 0.2) is 0 Å². The van der Waals surface area contributed by atoms with Gasteiger partial charge in [0.05, 0.1) is 12.6 Å². The molecule has 41 heavy (non-hydrogen) atoms. The van der Waals surface area contributed by atoms with Gasteiger partial charge in [-0.15, -0.1) is 0 Å². The zero-order chi connectivity index (χ0) is 30.5. The molecule has 2 aromatic rings. The summed E-state index contributed by atoms with van der Waals surface area (Å²) in [6.07, 6.45) is 1.39. The van der Waals surface area contributed by atoms with Crippen molar-refractivity contribution in [1.82, 2.24) is 10.2 Å². The highest BCUT2D eigenvalue weighted by Gasteiger charge is 2.30. The number of halogens is 2. The fourth-order valence-corrected chi connectivity index (χ4v) is 4.77. The zero-order valence-electron chi connectivity index (χ0n) is 25.0. The van der Waals surface area contributed by atoms with Crippen LogP contribution in [0, 0.1) is 25.5 Å².